The Labute approximate surface area is 208 Å². The van der Waals surface area contributed by atoms with Crippen LogP contribution in [0.4, 0.5) is 14.7 Å². The quantitative estimate of drug-likeness (QED) is 0.194. The maximum absolute atomic E-state index is 14.8. The monoisotopic (exact) mass is 508 g/mol. The Morgan fingerprint density at radius 2 is 1.97 bits per heavy atom. The van der Waals surface area contributed by atoms with Crippen molar-refractivity contribution in [1.82, 2.24) is 35.3 Å². The van der Waals surface area contributed by atoms with Gasteiger partial charge in [-0.1, -0.05) is 23.4 Å². The van der Waals surface area contributed by atoms with Crippen LogP contribution in [0.2, 0.25) is 0 Å². The first kappa shape index (κ1) is 23.9. The zero-order valence-corrected chi connectivity index (χ0v) is 19.8. The smallest absolute Gasteiger partial charge is 0.223 e. The Bertz CT molecular complexity index is 1470. The number of fused-ring (bicyclic) bond motifs is 1. The van der Waals surface area contributed by atoms with Crippen molar-refractivity contribution in [2.75, 3.05) is 25.0 Å². The lowest BCUT2D eigenvalue weighted by atomic mass is 10.0. The second-order valence-corrected chi connectivity index (χ2v) is 8.93. The third kappa shape index (κ3) is 5.20. The summed E-state index contributed by atoms with van der Waals surface area (Å²) >= 11 is 1.38. The van der Waals surface area contributed by atoms with E-state index in [1.54, 1.807) is 17.1 Å². The van der Waals surface area contributed by atoms with Crippen LogP contribution in [0.5, 0.6) is 0 Å². The van der Waals surface area contributed by atoms with Gasteiger partial charge in [0, 0.05) is 48.4 Å². The van der Waals surface area contributed by atoms with Gasteiger partial charge in [-0.2, -0.15) is 4.39 Å². The van der Waals surface area contributed by atoms with Gasteiger partial charge in [-0.3, -0.25) is 4.68 Å². The number of aliphatic hydroxyl groups is 1. The summed E-state index contributed by atoms with van der Waals surface area (Å²) in [6, 6.07) is 8.98. The molecule has 9 nitrogen and oxygen atoms in total. The number of hydrogen-bond acceptors (Lipinski definition) is 9. The van der Waals surface area contributed by atoms with Crippen molar-refractivity contribution < 1.29 is 13.9 Å². The Morgan fingerprint density at radius 3 is 2.81 bits per heavy atom. The number of halogens is 2. The van der Waals surface area contributed by atoms with Crippen LogP contribution in [0.3, 0.4) is 0 Å². The third-order valence-corrected chi connectivity index (χ3v) is 6.66. The van der Waals surface area contributed by atoms with E-state index in [9.17, 15) is 8.78 Å². The van der Waals surface area contributed by atoms with Gasteiger partial charge in [-0.25, -0.2) is 19.3 Å². The van der Waals surface area contributed by atoms with E-state index in [1.807, 2.05) is 24.3 Å². The van der Waals surface area contributed by atoms with Crippen molar-refractivity contribution in [1.29, 1.82) is 0 Å². The zero-order valence-electron chi connectivity index (χ0n) is 19.0. The van der Waals surface area contributed by atoms with Crippen LogP contribution in [0.25, 0.3) is 31.8 Å². The maximum Gasteiger partial charge on any atom is 0.223 e. The molecule has 1 aromatic carbocycles. The van der Waals surface area contributed by atoms with E-state index in [0.717, 1.165) is 27.4 Å². The molecule has 3 N–H and O–H groups in total. The molecule has 4 aromatic heterocycles. The maximum atomic E-state index is 14.8. The number of thiophene rings is 1. The van der Waals surface area contributed by atoms with Gasteiger partial charge in [-0.05, 0) is 22.6 Å². The first-order chi connectivity index (χ1) is 17.6. The van der Waals surface area contributed by atoms with Crippen molar-refractivity contribution >= 4 is 27.4 Å². The van der Waals surface area contributed by atoms with Gasteiger partial charge >= 0.3 is 0 Å². The van der Waals surface area contributed by atoms with Gasteiger partial charge in [-0.15, -0.1) is 16.4 Å². The van der Waals surface area contributed by atoms with Crippen molar-refractivity contribution in [2.24, 2.45) is 0 Å². The van der Waals surface area contributed by atoms with Crippen LogP contribution in [0.1, 0.15) is 5.56 Å². The van der Waals surface area contributed by atoms with Gasteiger partial charge in [0.15, 0.2) is 5.82 Å². The Balaban J connectivity index is 1.47. The summed E-state index contributed by atoms with van der Waals surface area (Å²) in [7, 11) is 0. The molecule has 0 aliphatic rings. The molecule has 5 aromatic rings. The Kier molecular flexibility index (Phi) is 7.16. The summed E-state index contributed by atoms with van der Waals surface area (Å²) in [6.45, 7) is 1.87. The molecule has 0 saturated heterocycles. The molecule has 0 bridgehead atoms. The highest BCUT2D eigenvalue weighted by Crippen LogP contribution is 2.40. The number of benzene rings is 1. The summed E-state index contributed by atoms with van der Waals surface area (Å²) in [5.41, 5.74) is 2.47. The fourth-order valence-electron chi connectivity index (χ4n) is 3.80. The number of rotatable bonds is 10. The number of nitrogens with zero attached hydrogens (tertiary/aromatic N) is 6. The molecule has 4 heterocycles. The van der Waals surface area contributed by atoms with Crippen molar-refractivity contribution in [3.8, 4) is 21.7 Å². The lowest BCUT2D eigenvalue weighted by molar-refractivity contribution is 0.292. The predicted molar refractivity (Wildman–Crippen MR) is 133 cm³/mol. The molecule has 36 heavy (non-hydrogen) atoms. The van der Waals surface area contributed by atoms with Crippen LogP contribution in [0.15, 0.2) is 55.1 Å². The summed E-state index contributed by atoms with van der Waals surface area (Å²) < 4.78 is 31.5. The van der Waals surface area contributed by atoms with E-state index in [4.69, 9.17) is 5.11 Å². The number of pyridine rings is 1. The highest BCUT2D eigenvalue weighted by Gasteiger charge is 2.17. The van der Waals surface area contributed by atoms with E-state index in [-0.39, 0.29) is 12.3 Å². The first-order valence-electron chi connectivity index (χ1n) is 11.2. The van der Waals surface area contributed by atoms with Gasteiger partial charge in [0.1, 0.15) is 5.69 Å². The number of aromatic nitrogens is 6. The molecular weight excluding hydrogens is 486 g/mol. The minimum Gasteiger partial charge on any atom is -0.395 e. The van der Waals surface area contributed by atoms with Crippen molar-refractivity contribution in [2.45, 2.75) is 13.1 Å². The average molecular weight is 509 g/mol. The molecule has 0 spiro atoms. The predicted octanol–water partition coefficient (Wildman–Crippen LogP) is 3.48. The second kappa shape index (κ2) is 10.8. The number of hydrogen-bond donors (Lipinski definition) is 3. The lowest BCUT2D eigenvalue weighted by Gasteiger charge is -2.11. The Morgan fingerprint density at radius 1 is 1.06 bits per heavy atom. The topological polar surface area (TPSA) is 114 Å². The van der Waals surface area contributed by atoms with Gasteiger partial charge in [0.05, 0.1) is 30.4 Å². The molecule has 0 saturated carbocycles. The highest BCUT2D eigenvalue weighted by atomic mass is 32.1. The SMILES string of the molecule is OCCNCc1cnc(F)cc1-c1cccc2cc(-c3nc(NCCn4ccnn4)ncc3F)sc12. The van der Waals surface area contributed by atoms with Crippen LogP contribution >= 0.6 is 11.3 Å². The highest BCUT2D eigenvalue weighted by molar-refractivity contribution is 7.22. The van der Waals surface area contributed by atoms with E-state index in [0.29, 0.717) is 42.6 Å². The summed E-state index contributed by atoms with van der Waals surface area (Å²) in [6.07, 6.45) is 5.98. The second-order valence-electron chi connectivity index (χ2n) is 7.88. The van der Waals surface area contributed by atoms with Crippen LogP contribution < -0.4 is 10.6 Å². The normalized spacial score (nSPS) is 11.3. The van der Waals surface area contributed by atoms with E-state index >= 15 is 0 Å². The molecule has 0 aliphatic carbocycles. The fourth-order valence-corrected chi connectivity index (χ4v) is 4.98. The van der Waals surface area contributed by atoms with Gasteiger partial charge in [0.25, 0.3) is 0 Å². The van der Waals surface area contributed by atoms with E-state index in [2.05, 4.69) is 35.9 Å². The first-order valence-corrected chi connectivity index (χ1v) is 12.0. The van der Waals surface area contributed by atoms with Crippen LogP contribution in [-0.4, -0.2) is 54.7 Å². The summed E-state index contributed by atoms with van der Waals surface area (Å²) in [4.78, 5) is 12.9. The number of anilines is 1. The summed E-state index contributed by atoms with van der Waals surface area (Å²) in [5, 5.41) is 23.8. The minimum atomic E-state index is -0.590. The zero-order chi connectivity index (χ0) is 24.9. The van der Waals surface area contributed by atoms with E-state index in [1.165, 1.54) is 23.6 Å². The van der Waals surface area contributed by atoms with Gasteiger partial charge < -0.3 is 15.7 Å². The third-order valence-electron chi connectivity index (χ3n) is 5.46. The van der Waals surface area contributed by atoms with E-state index < -0.39 is 11.8 Å². The molecule has 0 atom stereocenters. The fraction of sp³-hybridized carbons (Fsp3) is 0.208. The standard InChI is InChI=1S/C24H22F2N8OS/c25-19-14-30-24(28-4-7-34-8-5-31-33-34)32-22(19)20-10-15-2-1-3-17(23(15)36-20)18-11-21(26)29-13-16(18)12-27-6-9-35/h1-3,5,8,10-11,13-14,27,35H,4,6-7,9,12H2,(H,28,30,32). The molecule has 0 fully saturated rings. The number of nitrogens with one attached hydrogen (secondary N) is 2. The van der Waals surface area contributed by atoms with Gasteiger partial charge in [0.2, 0.25) is 11.9 Å². The molecule has 12 heteroatoms. The Hall–Kier alpha value is -3.87. The molecule has 0 aliphatic heterocycles. The molecule has 0 unspecified atom stereocenters. The average Bonchev–Trinajstić information content (AvgIpc) is 3.56. The minimum absolute atomic E-state index is 0.00435. The molecule has 0 radical (unpaired) electrons. The molecular formula is C24H22F2N8OS. The largest absolute Gasteiger partial charge is 0.395 e. The van der Waals surface area contributed by atoms with Crippen LogP contribution in [-0.2, 0) is 13.1 Å². The van der Waals surface area contributed by atoms with Crippen molar-refractivity contribution in [3.63, 3.8) is 0 Å². The van der Waals surface area contributed by atoms with Crippen molar-refractivity contribution in [3.05, 3.63) is 72.4 Å². The summed E-state index contributed by atoms with van der Waals surface area (Å²) in [5.74, 6) is -0.820. The molecule has 5 rings (SSSR count). The van der Waals surface area contributed by atoms with Crippen LogP contribution in [0, 0.1) is 11.8 Å². The lowest BCUT2D eigenvalue weighted by Crippen LogP contribution is -2.18. The number of aliphatic hydroxyl groups excluding tert-OH is 1. The molecule has 184 valence electrons. The molecule has 0 amide bonds.